The second-order valence-corrected chi connectivity index (χ2v) is 4.86. The van der Waals surface area contributed by atoms with Gasteiger partial charge in [0.2, 0.25) is 0 Å². The topological polar surface area (TPSA) is 79.4 Å². The number of fused-ring (bicyclic) bond motifs is 1. The first kappa shape index (κ1) is 13.4. The average Bonchev–Trinajstić information content (AvgIpc) is 3.10. The van der Waals surface area contributed by atoms with Gasteiger partial charge < -0.3 is 4.74 Å². The van der Waals surface area contributed by atoms with Gasteiger partial charge in [-0.3, -0.25) is 9.89 Å². The Morgan fingerprint density at radius 3 is 2.95 bits per heavy atom. The molecule has 0 aliphatic heterocycles. The highest BCUT2D eigenvalue weighted by atomic mass is 16.5. The molecule has 0 saturated carbocycles. The highest BCUT2D eigenvalue weighted by Crippen LogP contribution is 2.22. The maximum absolute atomic E-state index is 12.0. The van der Waals surface area contributed by atoms with Gasteiger partial charge in [0.05, 0.1) is 13.3 Å². The summed E-state index contributed by atoms with van der Waals surface area (Å²) < 4.78 is 5.08. The summed E-state index contributed by atoms with van der Waals surface area (Å²) in [5, 5.41) is 10.9. The molecule has 6 nitrogen and oxygen atoms in total. The second kappa shape index (κ2) is 5.78. The fourth-order valence-corrected chi connectivity index (χ4v) is 2.42. The normalized spacial score (nSPS) is 13.4. The maximum atomic E-state index is 12.0. The van der Waals surface area contributed by atoms with Gasteiger partial charge in [0.25, 0.3) is 5.91 Å². The van der Waals surface area contributed by atoms with Gasteiger partial charge in [-0.25, -0.2) is 5.43 Å². The van der Waals surface area contributed by atoms with Gasteiger partial charge >= 0.3 is 0 Å². The zero-order chi connectivity index (χ0) is 14.7. The number of hydrazone groups is 1. The lowest BCUT2D eigenvalue weighted by molar-refractivity contribution is 0.0949. The van der Waals surface area contributed by atoms with Crippen molar-refractivity contribution < 1.29 is 9.53 Å². The molecule has 1 aromatic heterocycles. The van der Waals surface area contributed by atoms with Gasteiger partial charge in [-0.15, -0.1) is 0 Å². The van der Waals surface area contributed by atoms with Gasteiger partial charge in [-0.2, -0.15) is 10.2 Å². The SMILES string of the molecule is COc1ccc(/C=N\NC(=O)c2n[nH]c3c2CCC3)cc1. The van der Waals surface area contributed by atoms with Crippen molar-refractivity contribution >= 4 is 12.1 Å². The van der Waals surface area contributed by atoms with Gasteiger partial charge in [0, 0.05) is 11.3 Å². The number of H-pyrrole nitrogens is 1. The number of ether oxygens (including phenoxy) is 1. The van der Waals surface area contributed by atoms with E-state index in [0.717, 1.165) is 41.8 Å². The smallest absolute Gasteiger partial charge is 0.292 e. The van der Waals surface area contributed by atoms with Crippen LogP contribution in [0.1, 0.15) is 33.7 Å². The van der Waals surface area contributed by atoms with Crippen molar-refractivity contribution in [2.45, 2.75) is 19.3 Å². The largest absolute Gasteiger partial charge is 0.497 e. The van der Waals surface area contributed by atoms with Crippen LogP contribution in [0.25, 0.3) is 0 Å². The van der Waals surface area contributed by atoms with Crippen LogP contribution in [-0.2, 0) is 12.8 Å². The van der Waals surface area contributed by atoms with Gasteiger partial charge in [-0.1, -0.05) is 0 Å². The first-order chi connectivity index (χ1) is 10.3. The van der Waals surface area contributed by atoms with E-state index in [1.807, 2.05) is 24.3 Å². The molecule has 2 aromatic rings. The highest BCUT2D eigenvalue weighted by Gasteiger charge is 2.22. The summed E-state index contributed by atoms with van der Waals surface area (Å²) in [6.07, 6.45) is 4.52. The molecule has 6 heteroatoms. The van der Waals surface area contributed by atoms with Crippen molar-refractivity contribution in [1.29, 1.82) is 0 Å². The Hall–Kier alpha value is -2.63. The van der Waals surface area contributed by atoms with E-state index < -0.39 is 0 Å². The van der Waals surface area contributed by atoms with Gasteiger partial charge in [0.1, 0.15) is 5.75 Å². The summed E-state index contributed by atoms with van der Waals surface area (Å²) in [7, 11) is 1.62. The Bertz CT molecular complexity index is 673. The molecule has 1 amide bonds. The number of carbonyl (C=O) groups excluding carboxylic acids is 1. The van der Waals surface area contributed by atoms with E-state index >= 15 is 0 Å². The first-order valence-corrected chi connectivity index (χ1v) is 6.81. The number of carbonyl (C=O) groups is 1. The predicted octanol–water partition coefficient (Wildman–Crippen LogP) is 1.67. The van der Waals surface area contributed by atoms with E-state index in [9.17, 15) is 4.79 Å². The van der Waals surface area contributed by atoms with Crippen molar-refractivity contribution in [3.8, 4) is 5.75 Å². The lowest BCUT2D eigenvalue weighted by Crippen LogP contribution is -2.19. The molecule has 2 N–H and O–H groups in total. The van der Waals surface area contributed by atoms with E-state index in [-0.39, 0.29) is 5.91 Å². The fraction of sp³-hybridized carbons (Fsp3) is 0.267. The minimum atomic E-state index is -0.279. The standard InChI is InChI=1S/C15H16N4O2/c1-21-11-7-5-10(6-8-11)9-16-19-15(20)14-12-3-2-4-13(12)17-18-14/h5-9H,2-4H2,1H3,(H,17,18)(H,19,20)/b16-9-. The van der Waals surface area contributed by atoms with Crippen LogP contribution in [0, 0.1) is 0 Å². The summed E-state index contributed by atoms with van der Waals surface area (Å²) >= 11 is 0. The number of rotatable bonds is 4. The quantitative estimate of drug-likeness (QED) is 0.662. The molecule has 108 valence electrons. The molecule has 1 aliphatic carbocycles. The van der Waals surface area contributed by atoms with Gasteiger partial charge in [-0.05, 0) is 49.1 Å². The van der Waals surface area contributed by atoms with Crippen LogP contribution >= 0.6 is 0 Å². The maximum Gasteiger partial charge on any atom is 0.292 e. The molecule has 1 aliphatic rings. The minimum Gasteiger partial charge on any atom is -0.497 e. The van der Waals surface area contributed by atoms with Crippen LogP contribution < -0.4 is 10.2 Å². The summed E-state index contributed by atoms with van der Waals surface area (Å²) in [4.78, 5) is 12.0. The van der Waals surface area contributed by atoms with Crippen LogP contribution in [-0.4, -0.2) is 29.4 Å². The molecule has 0 radical (unpaired) electrons. The fourth-order valence-electron chi connectivity index (χ4n) is 2.42. The lowest BCUT2D eigenvalue weighted by Gasteiger charge is -2.00. The van der Waals surface area contributed by atoms with Crippen molar-refractivity contribution in [3.05, 3.63) is 46.8 Å². The molecule has 0 fully saturated rings. The number of hydrogen-bond acceptors (Lipinski definition) is 4. The number of nitrogens with zero attached hydrogens (tertiary/aromatic N) is 2. The Balaban J connectivity index is 1.63. The molecular formula is C15H16N4O2. The monoisotopic (exact) mass is 284 g/mol. The molecule has 0 bridgehead atoms. The molecule has 21 heavy (non-hydrogen) atoms. The number of methoxy groups -OCH3 is 1. The second-order valence-electron chi connectivity index (χ2n) is 4.86. The highest BCUT2D eigenvalue weighted by molar-refractivity contribution is 5.94. The molecule has 0 unspecified atom stereocenters. The minimum absolute atomic E-state index is 0.279. The molecular weight excluding hydrogens is 268 g/mol. The Kier molecular flexibility index (Phi) is 3.68. The third-order valence-corrected chi connectivity index (χ3v) is 3.52. The first-order valence-electron chi connectivity index (χ1n) is 6.81. The third kappa shape index (κ3) is 2.79. The average molecular weight is 284 g/mol. The van der Waals surface area contributed by atoms with E-state index in [0.29, 0.717) is 5.69 Å². The number of aromatic amines is 1. The Morgan fingerprint density at radius 2 is 2.19 bits per heavy atom. The third-order valence-electron chi connectivity index (χ3n) is 3.52. The van der Waals surface area contributed by atoms with Crippen LogP contribution in [0.3, 0.4) is 0 Å². The molecule has 3 rings (SSSR count). The summed E-state index contributed by atoms with van der Waals surface area (Å²) in [5.74, 6) is 0.502. The zero-order valence-electron chi connectivity index (χ0n) is 11.7. The van der Waals surface area contributed by atoms with Gasteiger partial charge in [0.15, 0.2) is 5.69 Å². The Labute approximate surface area is 122 Å². The van der Waals surface area contributed by atoms with E-state index in [1.165, 1.54) is 0 Å². The lowest BCUT2D eigenvalue weighted by atomic mass is 10.2. The summed E-state index contributed by atoms with van der Waals surface area (Å²) in [6, 6.07) is 7.40. The van der Waals surface area contributed by atoms with E-state index in [4.69, 9.17) is 4.74 Å². The van der Waals surface area contributed by atoms with Crippen molar-refractivity contribution in [2.24, 2.45) is 5.10 Å². The zero-order valence-corrected chi connectivity index (χ0v) is 11.7. The van der Waals surface area contributed by atoms with E-state index in [1.54, 1.807) is 13.3 Å². The van der Waals surface area contributed by atoms with Crippen molar-refractivity contribution in [3.63, 3.8) is 0 Å². The van der Waals surface area contributed by atoms with Crippen molar-refractivity contribution in [1.82, 2.24) is 15.6 Å². The number of amides is 1. The molecule has 1 heterocycles. The van der Waals surface area contributed by atoms with E-state index in [2.05, 4.69) is 20.7 Å². The molecule has 0 spiro atoms. The van der Waals surface area contributed by atoms with Crippen LogP contribution in [0.4, 0.5) is 0 Å². The van der Waals surface area contributed by atoms with Crippen LogP contribution in [0.2, 0.25) is 0 Å². The van der Waals surface area contributed by atoms with Crippen LogP contribution in [0.15, 0.2) is 29.4 Å². The molecule has 0 saturated heterocycles. The summed E-state index contributed by atoms with van der Waals surface area (Å²) in [6.45, 7) is 0. The number of aromatic nitrogens is 2. The number of benzene rings is 1. The number of aryl methyl sites for hydroxylation is 1. The molecule has 0 atom stereocenters. The number of nitrogens with one attached hydrogen (secondary N) is 2. The van der Waals surface area contributed by atoms with Crippen LogP contribution in [0.5, 0.6) is 5.75 Å². The predicted molar refractivity (Wildman–Crippen MR) is 78.7 cm³/mol. The molecule has 1 aromatic carbocycles. The number of hydrogen-bond donors (Lipinski definition) is 2. The van der Waals surface area contributed by atoms with Crippen molar-refractivity contribution in [2.75, 3.05) is 7.11 Å². The summed E-state index contributed by atoms with van der Waals surface area (Å²) in [5.41, 5.74) is 5.93. The Morgan fingerprint density at radius 1 is 1.38 bits per heavy atom.